The highest BCUT2D eigenvalue weighted by molar-refractivity contribution is 5.92. The topological polar surface area (TPSA) is 54.0 Å². The molecule has 2 N–H and O–H groups in total. The van der Waals surface area contributed by atoms with E-state index in [1.165, 1.54) is 11.1 Å². The Morgan fingerprint density at radius 1 is 1.09 bits per heavy atom. The molecule has 23 heavy (non-hydrogen) atoms. The van der Waals surface area contributed by atoms with Crippen LogP contribution in [0.25, 0.3) is 0 Å². The minimum absolute atomic E-state index is 0.102. The summed E-state index contributed by atoms with van der Waals surface area (Å²) in [4.78, 5) is 16.2. The molecule has 0 aliphatic rings. The van der Waals surface area contributed by atoms with Gasteiger partial charge < -0.3 is 10.6 Å². The molecule has 2 aromatic rings. The summed E-state index contributed by atoms with van der Waals surface area (Å²) in [6.07, 6.45) is 3.65. The van der Waals surface area contributed by atoms with E-state index in [1.807, 2.05) is 19.9 Å². The molecule has 122 valence electrons. The molecule has 1 heterocycles. The lowest BCUT2D eigenvalue weighted by Gasteiger charge is -2.15. The zero-order valence-electron chi connectivity index (χ0n) is 14.3. The molecule has 4 nitrogen and oxygen atoms in total. The van der Waals surface area contributed by atoms with Gasteiger partial charge >= 0.3 is 0 Å². The predicted molar refractivity (Wildman–Crippen MR) is 95.3 cm³/mol. The summed E-state index contributed by atoms with van der Waals surface area (Å²) in [5, 5.41) is 6.30. The van der Waals surface area contributed by atoms with Crippen LogP contribution in [0.3, 0.4) is 0 Å². The van der Waals surface area contributed by atoms with Crippen LogP contribution in [0, 0.1) is 0 Å². The third-order valence-corrected chi connectivity index (χ3v) is 3.68. The van der Waals surface area contributed by atoms with Crippen molar-refractivity contribution in [2.45, 2.75) is 46.6 Å². The SMILES string of the molecule is CCc1cccc(CC)c1Nc1ccc(C(=O)NC(C)C)nc1. The van der Waals surface area contributed by atoms with Crippen LogP contribution in [-0.4, -0.2) is 16.9 Å². The number of hydrogen-bond acceptors (Lipinski definition) is 3. The van der Waals surface area contributed by atoms with Gasteiger partial charge in [0.1, 0.15) is 5.69 Å². The molecule has 0 bridgehead atoms. The average Bonchev–Trinajstić information content (AvgIpc) is 2.55. The standard InChI is InChI=1S/C19H25N3O/c1-5-14-8-7-9-15(6-2)18(14)22-16-10-11-17(20-12-16)19(23)21-13(3)4/h7-13,22H,5-6H2,1-4H3,(H,21,23). The molecule has 0 saturated carbocycles. The van der Waals surface area contributed by atoms with Crippen LogP contribution in [0.4, 0.5) is 11.4 Å². The largest absolute Gasteiger partial charge is 0.354 e. The third-order valence-electron chi connectivity index (χ3n) is 3.68. The highest BCUT2D eigenvalue weighted by atomic mass is 16.1. The van der Waals surface area contributed by atoms with Crippen molar-refractivity contribution in [2.75, 3.05) is 5.32 Å². The van der Waals surface area contributed by atoms with E-state index in [0.717, 1.165) is 24.2 Å². The second-order valence-electron chi connectivity index (χ2n) is 5.84. The molecule has 0 fully saturated rings. The summed E-state index contributed by atoms with van der Waals surface area (Å²) in [6, 6.07) is 10.1. The van der Waals surface area contributed by atoms with Gasteiger partial charge in [0.25, 0.3) is 5.91 Å². The average molecular weight is 311 g/mol. The normalized spacial score (nSPS) is 10.7. The van der Waals surface area contributed by atoms with Gasteiger partial charge in [-0.05, 0) is 49.9 Å². The molecule has 0 saturated heterocycles. The summed E-state index contributed by atoms with van der Waals surface area (Å²) in [5.41, 5.74) is 5.04. The van der Waals surface area contributed by atoms with Gasteiger partial charge in [-0.1, -0.05) is 32.0 Å². The Kier molecular flexibility index (Phi) is 5.74. The van der Waals surface area contributed by atoms with Crippen LogP contribution < -0.4 is 10.6 Å². The minimum Gasteiger partial charge on any atom is -0.354 e. The van der Waals surface area contributed by atoms with Gasteiger partial charge in [-0.15, -0.1) is 0 Å². The Balaban J connectivity index is 2.20. The summed E-state index contributed by atoms with van der Waals surface area (Å²) in [5.74, 6) is -0.144. The first kappa shape index (κ1) is 17.0. The van der Waals surface area contributed by atoms with Crippen molar-refractivity contribution in [2.24, 2.45) is 0 Å². The minimum atomic E-state index is -0.144. The van der Waals surface area contributed by atoms with E-state index in [4.69, 9.17) is 0 Å². The predicted octanol–water partition coefficient (Wildman–Crippen LogP) is 4.09. The lowest BCUT2D eigenvalue weighted by atomic mass is 10.0. The number of amides is 1. The van der Waals surface area contributed by atoms with Crippen LogP contribution in [0.2, 0.25) is 0 Å². The Morgan fingerprint density at radius 3 is 2.22 bits per heavy atom. The fourth-order valence-electron chi connectivity index (χ4n) is 2.49. The van der Waals surface area contributed by atoms with Crippen LogP contribution in [0.1, 0.15) is 49.3 Å². The molecule has 0 unspecified atom stereocenters. The first-order valence-electron chi connectivity index (χ1n) is 8.19. The van der Waals surface area contributed by atoms with E-state index in [2.05, 4.69) is 47.7 Å². The summed E-state index contributed by atoms with van der Waals surface area (Å²) >= 11 is 0. The number of carbonyl (C=O) groups excluding carboxylic acids is 1. The highest BCUT2D eigenvalue weighted by Gasteiger charge is 2.10. The zero-order valence-corrected chi connectivity index (χ0v) is 14.3. The van der Waals surface area contributed by atoms with Gasteiger partial charge in [0.15, 0.2) is 0 Å². The number of hydrogen-bond donors (Lipinski definition) is 2. The summed E-state index contributed by atoms with van der Waals surface area (Å²) in [6.45, 7) is 8.17. The van der Waals surface area contributed by atoms with Crippen LogP contribution >= 0.6 is 0 Å². The van der Waals surface area contributed by atoms with Gasteiger partial charge in [-0.25, -0.2) is 4.98 Å². The monoisotopic (exact) mass is 311 g/mol. The van der Waals surface area contributed by atoms with Gasteiger partial charge in [0.2, 0.25) is 0 Å². The molecule has 1 aromatic carbocycles. The number of pyridine rings is 1. The molecule has 0 spiro atoms. The first-order chi connectivity index (χ1) is 11.0. The van der Waals surface area contributed by atoms with E-state index in [1.54, 1.807) is 12.3 Å². The third kappa shape index (κ3) is 4.31. The fraction of sp³-hybridized carbons (Fsp3) is 0.368. The Labute approximate surface area is 138 Å². The maximum atomic E-state index is 11.9. The molecule has 1 amide bonds. The number of benzene rings is 1. The van der Waals surface area contributed by atoms with Gasteiger partial charge in [-0.2, -0.15) is 0 Å². The fourth-order valence-corrected chi connectivity index (χ4v) is 2.49. The maximum Gasteiger partial charge on any atom is 0.270 e. The number of nitrogens with one attached hydrogen (secondary N) is 2. The molecule has 0 atom stereocenters. The van der Waals surface area contributed by atoms with Crippen molar-refractivity contribution in [3.8, 4) is 0 Å². The lowest BCUT2D eigenvalue weighted by molar-refractivity contribution is 0.0938. The molecular weight excluding hydrogens is 286 g/mol. The van der Waals surface area contributed by atoms with E-state index in [-0.39, 0.29) is 11.9 Å². The van der Waals surface area contributed by atoms with Crippen molar-refractivity contribution in [1.29, 1.82) is 0 Å². The molecule has 2 rings (SSSR count). The van der Waals surface area contributed by atoms with Gasteiger partial charge in [0.05, 0.1) is 11.9 Å². The molecule has 0 aliphatic heterocycles. The number of aromatic nitrogens is 1. The number of anilines is 2. The van der Waals surface area contributed by atoms with Crippen LogP contribution in [0.15, 0.2) is 36.5 Å². The van der Waals surface area contributed by atoms with Gasteiger partial charge in [-0.3, -0.25) is 4.79 Å². The zero-order chi connectivity index (χ0) is 16.8. The maximum absolute atomic E-state index is 11.9. The molecule has 0 radical (unpaired) electrons. The lowest BCUT2D eigenvalue weighted by Crippen LogP contribution is -2.30. The van der Waals surface area contributed by atoms with Crippen molar-refractivity contribution < 1.29 is 4.79 Å². The second kappa shape index (κ2) is 7.77. The number of carbonyl (C=O) groups is 1. The molecular formula is C19H25N3O. The number of nitrogens with zero attached hydrogens (tertiary/aromatic N) is 1. The number of para-hydroxylation sites is 1. The summed E-state index contributed by atoms with van der Waals surface area (Å²) in [7, 11) is 0. The molecule has 0 aliphatic carbocycles. The van der Waals surface area contributed by atoms with E-state index >= 15 is 0 Å². The van der Waals surface area contributed by atoms with Crippen LogP contribution in [0.5, 0.6) is 0 Å². The number of aryl methyl sites for hydroxylation is 2. The number of rotatable bonds is 6. The van der Waals surface area contributed by atoms with E-state index in [9.17, 15) is 4.79 Å². The first-order valence-corrected chi connectivity index (χ1v) is 8.19. The Morgan fingerprint density at radius 2 is 1.74 bits per heavy atom. The van der Waals surface area contributed by atoms with Crippen LogP contribution in [-0.2, 0) is 12.8 Å². The molecule has 1 aromatic heterocycles. The van der Waals surface area contributed by atoms with Crippen molar-refractivity contribution in [3.63, 3.8) is 0 Å². The molecule has 4 heteroatoms. The second-order valence-corrected chi connectivity index (χ2v) is 5.84. The Bertz CT molecular complexity index is 641. The van der Waals surface area contributed by atoms with Gasteiger partial charge in [0, 0.05) is 11.7 Å². The van der Waals surface area contributed by atoms with E-state index in [0.29, 0.717) is 5.69 Å². The van der Waals surface area contributed by atoms with E-state index < -0.39 is 0 Å². The Hall–Kier alpha value is -2.36. The van der Waals surface area contributed by atoms with Crippen molar-refractivity contribution >= 4 is 17.3 Å². The summed E-state index contributed by atoms with van der Waals surface area (Å²) < 4.78 is 0. The van der Waals surface area contributed by atoms with Crippen molar-refractivity contribution in [1.82, 2.24) is 10.3 Å². The highest BCUT2D eigenvalue weighted by Crippen LogP contribution is 2.26. The smallest absolute Gasteiger partial charge is 0.270 e. The quantitative estimate of drug-likeness (QED) is 0.845. The van der Waals surface area contributed by atoms with Crippen molar-refractivity contribution in [3.05, 3.63) is 53.3 Å².